The fraction of sp³-hybridized carbons (Fsp3) is 0.154. The Hall–Kier alpha value is -2.23. The number of rotatable bonds is 2. The van der Waals surface area contributed by atoms with E-state index in [1.54, 1.807) is 6.07 Å². The lowest BCUT2D eigenvalue weighted by Crippen LogP contribution is -1.98. The van der Waals surface area contributed by atoms with Gasteiger partial charge in [-0.25, -0.2) is 0 Å². The number of carbonyl (C=O) groups excluding carboxylic acids is 1. The molecule has 0 spiro atoms. The number of anilines is 2. The van der Waals surface area contributed by atoms with E-state index in [0.717, 1.165) is 11.3 Å². The molecule has 0 atom stereocenters. The number of ketones is 1. The molecule has 0 radical (unpaired) electrons. The Labute approximate surface area is 99.6 Å². The first kappa shape index (κ1) is 11.3. The summed E-state index contributed by atoms with van der Waals surface area (Å²) >= 11 is 0. The molecule has 0 amide bonds. The van der Waals surface area contributed by atoms with Gasteiger partial charge in [0.05, 0.1) is 16.9 Å². The predicted octanol–water partition coefficient (Wildman–Crippen LogP) is 2.36. The third-order valence-electron chi connectivity index (χ3n) is 2.81. The van der Waals surface area contributed by atoms with Crippen LogP contribution in [0.25, 0.3) is 11.3 Å². The number of aromatic amines is 1. The molecule has 0 saturated carbocycles. The van der Waals surface area contributed by atoms with Crippen molar-refractivity contribution < 1.29 is 4.79 Å². The van der Waals surface area contributed by atoms with E-state index < -0.39 is 0 Å². The van der Waals surface area contributed by atoms with Crippen LogP contribution in [0.3, 0.4) is 0 Å². The number of H-pyrrole nitrogens is 1. The van der Waals surface area contributed by atoms with Gasteiger partial charge in [0.1, 0.15) is 0 Å². The van der Waals surface area contributed by atoms with Crippen LogP contribution in [0.4, 0.5) is 11.4 Å². The molecule has 0 bridgehead atoms. The van der Waals surface area contributed by atoms with E-state index in [0.29, 0.717) is 22.6 Å². The van der Waals surface area contributed by atoms with E-state index in [1.165, 1.54) is 6.92 Å². The quantitative estimate of drug-likeness (QED) is 0.546. The van der Waals surface area contributed by atoms with Gasteiger partial charge in [-0.2, -0.15) is 0 Å². The summed E-state index contributed by atoms with van der Waals surface area (Å²) in [5, 5.41) is 0. The lowest BCUT2D eigenvalue weighted by Gasteiger charge is -2.04. The number of benzene rings is 1. The highest BCUT2D eigenvalue weighted by Crippen LogP contribution is 2.33. The minimum Gasteiger partial charge on any atom is -0.398 e. The number of nitrogens with two attached hydrogens (primary N) is 2. The summed E-state index contributed by atoms with van der Waals surface area (Å²) in [6, 6.07) is 7.42. The zero-order valence-corrected chi connectivity index (χ0v) is 9.87. The van der Waals surface area contributed by atoms with E-state index in [1.807, 2.05) is 25.1 Å². The molecule has 88 valence electrons. The number of aryl methyl sites for hydroxylation is 1. The predicted molar refractivity (Wildman–Crippen MR) is 69.8 cm³/mol. The molecule has 1 heterocycles. The average molecular weight is 229 g/mol. The fourth-order valence-corrected chi connectivity index (χ4v) is 2.04. The van der Waals surface area contributed by atoms with Crippen molar-refractivity contribution in [2.24, 2.45) is 0 Å². The van der Waals surface area contributed by atoms with Crippen LogP contribution >= 0.6 is 0 Å². The molecule has 0 fully saturated rings. The van der Waals surface area contributed by atoms with Crippen molar-refractivity contribution in [1.29, 1.82) is 0 Å². The van der Waals surface area contributed by atoms with Crippen LogP contribution in [-0.4, -0.2) is 10.8 Å². The van der Waals surface area contributed by atoms with E-state index in [2.05, 4.69) is 4.98 Å². The number of hydrogen-bond donors (Lipinski definition) is 3. The summed E-state index contributed by atoms with van der Waals surface area (Å²) in [6.07, 6.45) is 0. The molecule has 0 saturated heterocycles. The van der Waals surface area contributed by atoms with E-state index >= 15 is 0 Å². The van der Waals surface area contributed by atoms with Gasteiger partial charge >= 0.3 is 0 Å². The normalized spacial score (nSPS) is 10.5. The fourth-order valence-electron chi connectivity index (χ4n) is 2.04. The standard InChI is InChI=1S/C13H15N3O/c1-7-11(8(2)17)12(15)13(16-7)9-5-3-4-6-10(9)14/h3-6,16H,14-15H2,1-2H3. The number of aromatic nitrogens is 1. The lowest BCUT2D eigenvalue weighted by atomic mass is 10.1. The second-order valence-corrected chi connectivity index (χ2v) is 4.06. The Morgan fingerprint density at radius 1 is 1.24 bits per heavy atom. The highest BCUT2D eigenvalue weighted by Gasteiger charge is 2.17. The average Bonchev–Trinajstić information content (AvgIpc) is 2.55. The van der Waals surface area contributed by atoms with Crippen LogP contribution in [0, 0.1) is 6.92 Å². The summed E-state index contributed by atoms with van der Waals surface area (Å²) in [7, 11) is 0. The minimum atomic E-state index is -0.0444. The van der Waals surface area contributed by atoms with Crippen molar-refractivity contribution >= 4 is 17.2 Å². The van der Waals surface area contributed by atoms with Crippen LogP contribution < -0.4 is 11.5 Å². The largest absolute Gasteiger partial charge is 0.398 e. The molecule has 4 nitrogen and oxygen atoms in total. The van der Waals surface area contributed by atoms with Gasteiger partial charge < -0.3 is 16.5 Å². The van der Waals surface area contributed by atoms with Crippen LogP contribution in [0.5, 0.6) is 0 Å². The van der Waals surface area contributed by atoms with Gasteiger partial charge in [-0.05, 0) is 19.9 Å². The van der Waals surface area contributed by atoms with Crippen molar-refractivity contribution in [2.45, 2.75) is 13.8 Å². The van der Waals surface area contributed by atoms with Crippen LogP contribution in [0.15, 0.2) is 24.3 Å². The molecule has 1 aromatic heterocycles. The van der Waals surface area contributed by atoms with Crippen LogP contribution in [-0.2, 0) is 0 Å². The minimum absolute atomic E-state index is 0.0444. The molecule has 2 rings (SSSR count). The summed E-state index contributed by atoms with van der Waals surface area (Å²) in [4.78, 5) is 14.6. The molecule has 2 aromatic rings. The van der Waals surface area contributed by atoms with Crippen molar-refractivity contribution in [3.05, 3.63) is 35.5 Å². The number of nitrogen functional groups attached to an aromatic ring is 2. The smallest absolute Gasteiger partial charge is 0.163 e. The maximum absolute atomic E-state index is 11.5. The van der Waals surface area contributed by atoms with Gasteiger partial charge in [-0.3, -0.25) is 4.79 Å². The monoisotopic (exact) mass is 229 g/mol. The second-order valence-electron chi connectivity index (χ2n) is 4.06. The maximum Gasteiger partial charge on any atom is 0.163 e. The van der Waals surface area contributed by atoms with Gasteiger partial charge in [0.25, 0.3) is 0 Å². The highest BCUT2D eigenvalue weighted by molar-refractivity contribution is 6.04. The second kappa shape index (κ2) is 3.97. The molecular formula is C13H15N3O. The number of para-hydroxylation sites is 1. The van der Waals surface area contributed by atoms with E-state index in [9.17, 15) is 4.79 Å². The van der Waals surface area contributed by atoms with Crippen LogP contribution in [0.2, 0.25) is 0 Å². The van der Waals surface area contributed by atoms with Gasteiger partial charge in [-0.15, -0.1) is 0 Å². The maximum atomic E-state index is 11.5. The molecular weight excluding hydrogens is 214 g/mol. The topological polar surface area (TPSA) is 84.9 Å². The Kier molecular flexibility index (Phi) is 2.63. The number of hydrogen-bond acceptors (Lipinski definition) is 3. The lowest BCUT2D eigenvalue weighted by molar-refractivity contribution is 0.101. The first-order valence-electron chi connectivity index (χ1n) is 5.36. The van der Waals surface area contributed by atoms with E-state index in [4.69, 9.17) is 11.5 Å². The van der Waals surface area contributed by atoms with Crippen molar-refractivity contribution in [2.75, 3.05) is 11.5 Å². The third kappa shape index (κ3) is 1.78. The molecule has 0 aliphatic rings. The Balaban J connectivity index is 2.66. The molecule has 17 heavy (non-hydrogen) atoms. The number of nitrogens with one attached hydrogen (secondary N) is 1. The Morgan fingerprint density at radius 3 is 2.41 bits per heavy atom. The van der Waals surface area contributed by atoms with Crippen molar-refractivity contribution in [1.82, 2.24) is 4.98 Å². The summed E-state index contributed by atoms with van der Waals surface area (Å²) in [5.74, 6) is -0.0444. The van der Waals surface area contributed by atoms with Gasteiger partial charge in [0.2, 0.25) is 0 Å². The molecule has 4 heteroatoms. The first-order chi connectivity index (χ1) is 8.02. The SMILES string of the molecule is CC(=O)c1c(C)[nH]c(-c2ccccc2N)c1N. The summed E-state index contributed by atoms with van der Waals surface area (Å²) in [6.45, 7) is 3.33. The van der Waals surface area contributed by atoms with Gasteiger partial charge in [0, 0.05) is 16.9 Å². The van der Waals surface area contributed by atoms with Crippen molar-refractivity contribution in [3.8, 4) is 11.3 Å². The van der Waals surface area contributed by atoms with Crippen LogP contribution in [0.1, 0.15) is 23.0 Å². The van der Waals surface area contributed by atoms with E-state index in [-0.39, 0.29) is 5.78 Å². The highest BCUT2D eigenvalue weighted by atomic mass is 16.1. The molecule has 1 aromatic carbocycles. The first-order valence-corrected chi connectivity index (χ1v) is 5.36. The Morgan fingerprint density at radius 2 is 1.88 bits per heavy atom. The molecule has 5 N–H and O–H groups in total. The molecule has 0 aliphatic heterocycles. The zero-order chi connectivity index (χ0) is 12.6. The summed E-state index contributed by atoms with van der Waals surface area (Å²) < 4.78 is 0. The van der Waals surface area contributed by atoms with Crippen molar-refractivity contribution in [3.63, 3.8) is 0 Å². The zero-order valence-electron chi connectivity index (χ0n) is 9.87. The molecule has 0 aliphatic carbocycles. The molecule has 0 unspecified atom stereocenters. The summed E-state index contributed by atoms with van der Waals surface area (Å²) in [5.41, 5.74) is 15.8. The van der Waals surface area contributed by atoms with Gasteiger partial charge in [0.15, 0.2) is 5.78 Å². The Bertz CT molecular complexity index is 584. The third-order valence-corrected chi connectivity index (χ3v) is 2.81. The van der Waals surface area contributed by atoms with Gasteiger partial charge in [-0.1, -0.05) is 18.2 Å². The number of carbonyl (C=O) groups is 1. The number of Topliss-reactive ketones (excluding diaryl/α,β-unsaturated/α-hetero) is 1.